The number of ether oxygens (including phenoxy) is 1. The van der Waals surface area contributed by atoms with Crippen LogP contribution in [0.5, 0.6) is 0 Å². The summed E-state index contributed by atoms with van der Waals surface area (Å²) in [5.41, 5.74) is 0.941. The molecule has 0 aliphatic heterocycles. The maximum Gasteiger partial charge on any atom is 0.0961 e. The fourth-order valence-electron chi connectivity index (χ4n) is 1.82. The molecule has 0 bridgehead atoms. The lowest BCUT2D eigenvalue weighted by Gasteiger charge is -2.31. The topological polar surface area (TPSA) is 33.0 Å². The van der Waals surface area contributed by atoms with Crippen LogP contribution >= 0.6 is 0 Å². The summed E-state index contributed by atoms with van der Waals surface area (Å²) in [4.78, 5) is 0. The molecular weight excluding hydrogens is 174 g/mol. The van der Waals surface area contributed by atoms with Gasteiger partial charge in [-0.2, -0.15) is 5.26 Å². The second-order valence-electron chi connectivity index (χ2n) is 4.34. The third-order valence-corrected chi connectivity index (χ3v) is 2.91. The van der Waals surface area contributed by atoms with E-state index >= 15 is 0 Å². The van der Waals surface area contributed by atoms with Crippen LogP contribution in [0.2, 0.25) is 0 Å². The Labute approximate surface area is 85.9 Å². The van der Waals surface area contributed by atoms with Crippen molar-refractivity contribution in [2.75, 3.05) is 7.11 Å². The van der Waals surface area contributed by atoms with Gasteiger partial charge in [0.1, 0.15) is 0 Å². The Kier molecular flexibility index (Phi) is 3.00. The van der Waals surface area contributed by atoms with Gasteiger partial charge >= 0.3 is 0 Å². The Balaban J connectivity index is 2.91. The van der Waals surface area contributed by atoms with Crippen LogP contribution in [0.25, 0.3) is 0 Å². The Morgan fingerprint density at radius 2 is 2.14 bits per heavy atom. The standard InChI is InChI=1S/C12H17NO/c1-9-5-6-10(14-4)7-11(9)12(2,3)8-13/h5-6,11H,7H2,1-4H3. The number of nitrogens with zero attached hydrogens (tertiary/aromatic N) is 1. The quantitative estimate of drug-likeness (QED) is 0.672. The van der Waals surface area contributed by atoms with Gasteiger partial charge in [-0.05, 0) is 26.8 Å². The van der Waals surface area contributed by atoms with Gasteiger partial charge < -0.3 is 4.74 Å². The molecule has 1 aliphatic rings. The molecule has 0 aromatic heterocycles. The number of methoxy groups -OCH3 is 1. The molecule has 0 heterocycles. The monoisotopic (exact) mass is 191 g/mol. The molecule has 1 rings (SSSR count). The smallest absolute Gasteiger partial charge is 0.0961 e. The Hall–Kier alpha value is -1.23. The van der Waals surface area contributed by atoms with Gasteiger partial charge in [-0.1, -0.05) is 11.6 Å². The lowest BCUT2D eigenvalue weighted by atomic mass is 9.72. The van der Waals surface area contributed by atoms with Gasteiger partial charge in [0.2, 0.25) is 0 Å². The third kappa shape index (κ3) is 1.98. The molecule has 2 nitrogen and oxygen atoms in total. The molecule has 1 atom stereocenters. The van der Waals surface area contributed by atoms with Crippen molar-refractivity contribution < 1.29 is 4.74 Å². The highest BCUT2D eigenvalue weighted by Crippen LogP contribution is 2.38. The van der Waals surface area contributed by atoms with Crippen LogP contribution in [-0.4, -0.2) is 7.11 Å². The van der Waals surface area contributed by atoms with Gasteiger partial charge in [-0.15, -0.1) is 0 Å². The molecule has 2 heteroatoms. The van der Waals surface area contributed by atoms with Crippen molar-refractivity contribution in [1.82, 2.24) is 0 Å². The van der Waals surface area contributed by atoms with Gasteiger partial charge in [0, 0.05) is 12.3 Å². The highest BCUT2D eigenvalue weighted by Gasteiger charge is 2.32. The number of nitriles is 1. The summed E-state index contributed by atoms with van der Waals surface area (Å²) in [5.74, 6) is 1.23. The summed E-state index contributed by atoms with van der Waals surface area (Å²) in [6.07, 6.45) is 4.87. The van der Waals surface area contributed by atoms with Crippen molar-refractivity contribution in [2.24, 2.45) is 11.3 Å². The average Bonchev–Trinajstić information content (AvgIpc) is 2.18. The maximum atomic E-state index is 9.09. The van der Waals surface area contributed by atoms with Crippen LogP contribution in [0.1, 0.15) is 27.2 Å². The number of hydrogen-bond donors (Lipinski definition) is 0. The zero-order valence-corrected chi connectivity index (χ0v) is 9.29. The van der Waals surface area contributed by atoms with E-state index in [0.717, 1.165) is 12.2 Å². The first kappa shape index (κ1) is 10.8. The summed E-state index contributed by atoms with van der Waals surface area (Å²) in [6.45, 7) is 6.04. The molecule has 76 valence electrons. The van der Waals surface area contributed by atoms with E-state index in [4.69, 9.17) is 10.00 Å². The number of hydrogen-bond acceptors (Lipinski definition) is 2. The van der Waals surface area contributed by atoms with Crippen LogP contribution in [0.4, 0.5) is 0 Å². The molecular formula is C12H17NO. The first-order chi connectivity index (χ1) is 6.51. The molecule has 0 aromatic carbocycles. The van der Waals surface area contributed by atoms with Gasteiger partial charge in [-0.25, -0.2) is 0 Å². The molecule has 0 saturated carbocycles. The minimum Gasteiger partial charge on any atom is -0.501 e. The normalized spacial score (nSPS) is 22.1. The van der Waals surface area contributed by atoms with Crippen molar-refractivity contribution >= 4 is 0 Å². The summed E-state index contributed by atoms with van der Waals surface area (Å²) in [6, 6.07) is 2.36. The van der Waals surface area contributed by atoms with E-state index in [-0.39, 0.29) is 11.3 Å². The van der Waals surface area contributed by atoms with Crippen LogP contribution in [0.15, 0.2) is 23.5 Å². The van der Waals surface area contributed by atoms with Gasteiger partial charge in [0.05, 0.1) is 24.4 Å². The Bertz CT molecular complexity index is 318. The second-order valence-corrected chi connectivity index (χ2v) is 4.34. The second kappa shape index (κ2) is 3.88. The zero-order chi connectivity index (χ0) is 10.8. The van der Waals surface area contributed by atoms with Gasteiger partial charge in [0.15, 0.2) is 0 Å². The maximum absolute atomic E-state index is 9.09. The van der Waals surface area contributed by atoms with Crippen molar-refractivity contribution in [1.29, 1.82) is 5.26 Å². The molecule has 0 fully saturated rings. The first-order valence-corrected chi connectivity index (χ1v) is 4.84. The Morgan fingerprint density at radius 1 is 1.50 bits per heavy atom. The highest BCUT2D eigenvalue weighted by molar-refractivity contribution is 5.26. The molecule has 0 N–H and O–H groups in total. The Morgan fingerprint density at radius 3 is 2.64 bits per heavy atom. The molecule has 0 aromatic rings. The molecule has 0 spiro atoms. The summed E-state index contributed by atoms with van der Waals surface area (Å²) < 4.78 is 5.22. The lowest BCUT2D eigenvalue weighted by molar-refractivity contribution is 0.230. The molecule has 14 heavy (non-hydrogen) atoms. The van der Waals surface area contributed by atoms with Crippen LogP contribution in [-0.2, 0) is 4.74 Å². The fourth-order valence-corrected chi connectivity index (χ4v) is 1.82. The van der Waals surface area contributed by atoms with Crippen molar-refractivity contribution in [3.05, 3.63) is 23.5 Å². The predicted molar refractivity (Wildman–Crippen MR) is 56.4 cm³/mol. The minimum atomic E-state index is -0.321. The van der Waals surface area contributed by atoms with E-state index in [1.165, 1.54) is 5.57 Å². The first-order valence-electron chi connectivity index (χ1n) is 4.84. The van der Waals surface area contributed by atoms with E-state index in [1.54, 1.807) is 7.11 Å². The van der Waals surface area contributed by atoms with E-state index in [9.17, 15) is 0 Å². The zero-order valence-electron chi connectivity index (χ0n) is 9.29. The predicted octanol–water partition coefficient (Wildman–Crippen LogP) is 3.03. The van der Waals surface area contributed by atoms with Crippen LogP contribution < -0.4 is 0 Å². The highest BCUT2D eigenvalue weighted by atomic mass is 16.5. The van der Waals surface area contributed by atoms with E-state index < -0.39 is 0 Å². The van der Waals surface area contributed by atoms with E-state index in [2.05, 4.69) is 13.0 Å². The average molecular weight is 191 g/mol. The molecule has 0 saturated heterocycles. The molecule has 1 aliphatic carbocycles. The van der Waals surface area contributed by atoms with Gasteiger partial charge in [0.25, 0.3) is 0 Å². The fraction of sp³-hybridized carbons (Fsp3) is 0.583. The molecule has 0 radical (unpaired) electrons. The van der Waals surface area contributed by atoms with E-state index in [0.29, 0.717) is 0 Å². The summed E-state index contributed by atoms with van der Waals surface area (Å²) in [5, 5.41) is 9.09. The number of allylic oxidation sites excluding steroid dienone is 4. The third-order valence-electron chi connectivity index (χ3n) is 2.91. The summed E-state index contributed by atoms with van der Waals surface area (Å²) >= 11 is 0. The van der Waals surface area contributed by atoms with Gasteiger partial charge in [-0.3, -0.25) is 0 Å². The summed E-state index contributed by atoms with van der Waals surface area (Å²) in [7, 11) is 1.68. The van der Waals surface area contributed by atoms with Crippen LogP contribution in [0.3, 0.4) is 0 Å². The van der Waals surface area contributed by atoms with Crippen LogP contribution in [0, 0.1) is 22.7 Å². The number of rotatable bonds is 2. The van der Waals surface area contributed by atoms with Crippen molar-refractivity contribution in [3.8, 4) is 6.07 Å². The lowest BCUT2D eigenvalue weighted by Crippen LogP contribution is -2.25. The van der Waals surface area contributed by atoms with Crippen molar-refractivity contribution in [3.63, 3.8) is 0 Å². The molecule has 0 amide bonds. The minimum absolute atomic E-state index is 0.271. The van der Waals surface area contributed by atoms with Crippen molar-refractivity contribution in [2.45, 2.75) is 27.2 Å². The SMILES string of the molecule is COC1=CC=C(C)C(C(C)(C)C#N)C1. The largest absolute Gasteiger partial charge is 0.501 e. The molecule has 1 unspecified atom stereocenters. The van der Waals surface area contributed by atoms with E-state index in [1.807, 2.05) is 26.0 Å².